The van der Waals surface area contributed by atoms with Gasteiger partial charge in [0.05, 0.1) is 12.0 Å². The van der Waals surface area contributed by atoms with Gasteiger partial charge in [0, 0.05) is 19.3 Å². The first-order valence-electron chi connectivity index (χ1n) is 10.1. The lowest BCUT2D eigenvalue weighted by molar-refractivity contribution is -0.120. The van der Waals surface area contributed by atoms with Gasteiger partial charge >= 0.3 is 0 Å². The van der Waals surface area contributed by atoms with E-state index in [9.17, 15) is 13.2 Å². The third-order valence-corrected chi connectivity index (χ3v) is 6.36. The van der Waals surface area contributed by atoms with Crippen molar-refractivity contribution >= 4 is 21.6 Å². The summed E-state index contributed by atoms with van der Waals surface area (Å²) >= 11 is 0. The number of hydrogen-bond acceptors (Lipinski definition) is 5. The van der Waals surface area contributed by atoms with E-state index in [4.69, 9.17) is 9.47 Å². The first kappa shape index (κ1) is 23.3. The Morgan fingerprint density at radius 1 is 0.906 bits per heavy atom. The Morgan fingerprint density at radius 2 is 1.53 bits per heavy atom. The Bertz CT molecular complexity index is 1120. The Morgan fingerprint density at radius 3 is 2.16 bits per heavy atom. The Balaban J connectivity index is 1.51. The maximum absolute atomic E-state index is 12.5. The molecule has 0 radical (unpaired) electrons. The summed E-state index contributed by atoms with van der Waals surface area (Å²) in [5.74, 6) is 0.870. The van der Waals surface area contributed by atoms with E-state index in [-0.39, 0.29) is 17.4 Å². The zero-order valence-electron chi connectivity index (χ0n) is 18.0. The molecule has 0 saturated heterocycles. The number of benzene rings is 3. The van der Waals surface area contributed by atoms with E-state index >= 15 is 0 Å². The van der Waals surface area contributed by atoms with E-state index in [0.29, 0.717) is 30.2 Å². The van der Waals surface area contributed by atoms with Crippen molar-refractivity contribution in [3.05, 3.63) is 84.4 Å². The molecule has 1 amide bonds. The van der Waals surface area contributed by atoms with E-state index in [1.807, 2.05) is 30.3 Å². The summed E-state index contributed by atoms with van der Waals surface area (Å²) in [5.41, 5.74) is 1.77. The van der Waals surface area contributed by atoms with E-state index in [1.54, 1.807) is 38.4 Å². The average molecular weight is 455 g/mol. The number of rotatable bonds is 10. The third kappa shape index (κ3) is 6.32. The molecule has 0 spiro atoms. The van der Waals surface area contributed by atoms with Gasteiger partial charge in [0.15, 0.2) is 6.61 Å². The average Bonchev–Trinajstić information content (AvgIpc) is 2.83. The minimum absolute atomic E-state index is 0.139. The number of sulfonamides is 1. The van der Waals surface area contributed by atoms with Gasteiger partial charge in [-0.2, -0.15) is 0 Å². The first-order valence-corrected chi connectivity index (χ1v) is 11.5. The number of anilines is 1. The second kappa shape index (κ2) is 10.8. The van der Waals surface area contributed by atoms with Crippen LogP contribution in [0.2, 0.25) is 0 Å². The van der Waals surface area contributed by atoms with E-state index in [2.05, 4.69) is 4.72 Å². The zero-order chi connectivity index (χ0) is 23.0. The maximum atomic E-state index is 12.5. The lowest BCUT2D eigenvalue weighted by Gasteiger charge is -2.18. The van der Waals surface area contributed by atoms with Crippen LogP contribution in [0.25, 0.3) is 0 Å². The molecule has 3 aromatic carbocycles. The monoisotopic (exact) mass is 454 g/mol. The van der Waals surface area contributed by atoms with Crippen LogP contribution in [0.5, 0.6) is 11.5 Å². The zero-order valence-corrected chi connectivity index (χ0v) is 18.8. The molecule has 0 saturated carbocycles. The fraction of sp³-hybridized carbons (Fsp3) is 0.208. The molecule has 168 valence electrons. The quantitative estimate of drug-likeness (QED) is 0.508. The molecule has 0 heterocycles. The van der Waals surface area contributed by atoms with Crippen molar-refractivity contribution in [2.45, 2.75) is 11.3 Å². The fourth-order valence-electron chi connectivity index (χ4n) is 2.96. The summed E-state index contributed by atoms with van der Waals surface area (Å²) in [6.45, 7) is 0.126. The molecule has 0 aliphatic heterocycles. The molecule has 7 nitrogen and oxygen atoms in total. The molecular weight excluding hydrogens is 428 g/mol. The summed E-state index contributed by atoms with van der Waals surface area (Å²) in [5, 5.41) is 0. The highest BCUT2D eigenvalue weighted by Crippen LogP contribution is 2.19. The van der Waals surface area contributed by atoms with Crippen LogP contribution in [0.3, 0.4) is 0 Å². The van der Waals surface area contributed by atoms with Crippen LogP contribution in [0, 0.1) is 0 Å². The molecule has 0 bridgehead atoms. The van der Waals surface area contributed by atoms with Crippen LogP contribution in [0.15, 0.2) is 83.8 Å². The highest BCUT2D eigenvalue weighted by molar-refractivity contribution is 7.89. The number of methoxy groups -OCH3 is 1. The van der Waals surface area contributed by atoms with Gasteiger partial charge in [-0.3, -0.25) is 4.79 Å². The van der Waals surface area contributed by atoms with Gasteiger partial charge in [-0.05, 0) is 60.5 Å². The molecule has 0 aliphatic carbocycles. The highest BCUT2D eigenvalue weighted by Gasteiger charge is 2.15. The van der Waals surface area contributed by atoms with Crippen LogP contribution >= 0.6 is 0 Å². The van der Waals surface area contributed by atoms with Crippen molar-refractivity contribution in [2.24, 2.45) is 0 Å². The van der Waals surface area contributed by atoms with E-state index in [0.717, 1.165) is 5.56 Å². The summed E-state index contributed by atoms with van der Waals surface area (Å²) in [6.07, 6.45) is 0.602. The van der Waals surface area contributed by atoms with E-state index < -0.39 is 10.0 Å². The lowest BCUT2D eigenvalue weighted by Crippen LogP contribution is -2.31. The molecule has 3 rings (SSSR count). The smallest absolute Gasteiger partial charge is 0.264 e. The van der Waals surface area contributed by atoms with Gasteiger partial charge in [-0.25, -0.2) is 13.1 Å². The molecule has 0 aromatic heterocycles. The maximum Gasteiger partial charge on any atom is 0.264 e. The third-order valence-electron chi connectivity index (χ3n) is 4.88. The molecule has 1 N–H and O–H groups in total. The van der Waals surface area contributed by atoms with Crippen molar-refractivity contribution in [1.82, 2.24) is 4.72 Å². The molecular formula is C24H26N2O5S. The van der Waals surface area contributed by atoms with Crippen molar-refractivity contribution in [1.29, 1.82) is 0 Å². The summed E-state index contributed by atoms with van der Waals surface area (Å²) in [6, 6.07) is 22.7. The summed E-state index contributed by atoms with van der Waals surface area (Å²) < 4.78 is 38.2. The van der Waals surface area contributed by atoms with Gasteiger partial charge in [-0.15, -0.1) is 0 Å². The van der Waals surface area contributed by atoms with Crippen LogP contribution in [-0.2, 0) is 21.2 Å². The van der Waals surface area contributed by atoms with Gasteiger partial charge in [0.1, 0.15) is 11.5 Å². The fourth-order valence-corrected chi connectivity index (χ4v) is 4.00. The number of amides is 1. The van der Waals surface area contributed by atoms with Crippen LogP contribution < -0.4 is 19.1 Å². The molecule has 0 atom stereocenters. The number of nitrogens with zero attached hydrogens (tertiary/aromatic N) is 1. The van der Waals surface area contributed by atoms with Crippen LogP contribution in [0.4, 0.5) is 5.69 Å². The molecule has 32 heavy (non-hydrogen) atoms. The number of nitrogens with one attached hydrogen (secondary N) is 1. The summed E-state index contributed by atoms with van der Waals surface area (Å²) in [4.78, 5) is 14.0. The van der Waals surface area contributed by atoms with Gasteiger partial charge in [0.2, 0.25) is 10.0 Å². The normalized spacial score (nSPS) is 11.1. The molecule has 0 fully saturated rings. The van der Waals surface area contributed by atoms with Crippen molar-refractivity contribution in [3.63, 3.8) is 0 Å². The molecule has 8 heteroatoms. The largest absolute Gasteiger partial charge is 0.497 e. The molecule has 0 unspecified atom stereocenters. The van der Waals surface area contributed by atoms with E-state index in [1.165, 1.54) is 29.2 Å². The number of carbonyl (C=O) groups is 1. The minimum Gasteiger partial charge on any atom is -0.497 e. The second-order valence-electron chi connectivity index (χ2n) is 7.04. The predicted octanol–water partition coefficient (Wildman–Crippen LogP) is 3.26. The van der Waals surface area contributed by atoms with Gasteiger partial charge in [-0.1, -0.05) is 30.3 Å². The Hall–Kier alpha value is -3.36. The summed E-state index contributed by atoms with van der Waals surface area (Å²) in [7, 11) is -0.389. The number of carbonyl (C=O) groups excluding carboxylic acids is 1. The Labute approximate surface area is 188 Å². The lowest BCUT2D eigenvalue weighted by atomic mass is 10.2. The number of ether oxygens (including phenoxy) is 2. The molecule has 0 aliphatic rings. The number of hydrogen-bond donors (Lipinski definition) is 1. The van der Waals surface area contributed by atoms with Crippen LogP contribution in [0.1, 0.15) is 5.56 Å². The van der Waals surface area contributed by atoms with Crippen molar-refractivity contribution in [2.75, 3.05) is 32.2 Å². The predicted molar refractivity (Wildman–Crippen MR) is 124 cm³/mol. The second-order valence-corrected chi connectivity index (χ2v) is 8.81. The first-order chi connectivity index (χ1) is 15.4. The van der Waals surface area contributed by atoms with Crippen LogP contribution in [-0.4, -0.2) is 41.6 Å². The SMILES string of the molecule is COc1ccc(N(C)C(=O)COc2ccc(S(=O)(=O)NCCc3ccccc3)cc2)cc1. The Kier molecular flexibility index (Phi) is 7.86. The standard InChI is InChI=1S/C24H26N2O5S/c1-26(20-8-10-21(30-2)11-9-20)24(27)18-31-22-12-14-23(15-13-22)32(28,29)25-17-16-19-6-4-3-5-7-19/h3-15,25H,16-18H2,1-2H3. The van der Waals surface area contributed by atoms with Gasteiger partial charge < -0.3 is 14.4 Å². The van der Waals surface area contributed by atoms with Gasteiger partial charge in [0.25, 0.3) is 5.91 Å². The van der Waals surface area contributed by atoms with Crippen molar-refractivity contribution < 1.29 is 22.7 Å². The van der Waals surface area contributed by atoms with Crippen molar-refractivity contribution in [3.8, 4) is 11.5 Å². The highest BCUT2D eigenvalue weighted by atomic mass is 32.2. The topological polar surface area (TPSA) is 84.9 Å². The number of likely N-dealkylation sites (N-methyl/N-ethyl adjacent to an activating group) is 1. The minimum atomic E-state index is -3.62. The molecule has 3 aromatic rings.